The first-order valence-corrected chi connectivity index (χ1v) is 7.00. The Kier molecular flexibility index (Phi) is 8.69. The highest BCUT2D eigenvalue weighted by atomic mass is 32.2. The second kappa shape index (κ2) is 9.43. The smallest absolute Gasteiger partial charge is 0.327 e. The summed E-state index contributed by atoms with van der Waals surface area (Å²) in [6, 6.07) is -0.966. The molecule has 1 unspecified atom stereocenters. The summed E-state index contributed by atoms with van der Waals surface area (Å²) >= 11 is 1.19. The molecule has 19 heavy (non-hydrogen) atoms. The number of amides is 2. The van der Waals surface area contributed by atoms with Crippen molar-refractivity contribution < 1.29 is 19.5 Å². The van der Waals surface area contributed by atoms with E-state index in [0.29, 0.717) is 19.5 Å². The largest absolute Gasteiger partial charge is 0.480 e. The molecule has 7 heteroatoms. The lowest BCUT2D eigenvalue weighted by molar-refractivity contribution is -0.139. The molecule has 0 radical (unpaired) electrons. The number of thioether (sulfide) groups is 1. The van der Waals surface area contributed by atoms with Crippen LogP contribution in [-0.4, -0.2) is 58.9 Å². The Balaban J connectivity index is 4.16. The van der Waals surface area contributed by atoms with Gasteiger partial charge >= 0.3 is 5.97 Å². The molecule has 6 nitrogen and oxygen atoms in total. The summed E-state index contributed by atoms with van der Waals surface area (Å²) in [4.78, 5) is 34.5. The molecule has 1 atom stereocenters. The van der Waals surface area contributed by atoms with Crippen molar-refractivity contribution in [3.63, 3.8) is 0 Å². The number of rotatable bonds is 10. The molecular weight excluding hydrogens is 268 g/mol. The first kappa shape index (κ1) is 17.5. The predicted molar refractivity (Wildman–Crippen MR) is 75.0 cm³/mol. The number of hydrogen-bond acceptors (Lipinski definition) is 4. The van der Waals surface area contributed by atoms with Gasteiger partial charge in [-0.1, -0.05) is 12.2 Å². The summed E-state index contributed by atoms with van der Waals surface area (Å²) in [6.07, 6.45) is 0.348. The van der Waals surface area contributed by atoms with Crippen molar-refractivity contribution in [2.75, 3.05) is 24.6 Å². The fraction of sp³-hybridized carbons (Fsp3) is 0.583. The van der Waals surface area contributed by atoms with Gasteiger partial charge in [0.05, 0.1) is 5.75 Å². The SMILES string of the molecule is C=C(C)CN(CC)C(=O)CSCC(NC=O)C(=O)O. The Labute approximate surface area is 117 Å². The summed E-state index contributed by atoms with van der Waals surface area (Å²) in [5, 5.41) is 11.0. The lowest BCUT2D eigenvalue weighted by atomic mass is 10.3. The summed E-state index contributed by atoms with van der Waals surface area (Å²) in [5.41, 5.74) is 0.895. The maximum atomic E-state index is 11.8. The van der Waals surface area contributed by atoms with Crippen LogP contribution in [-0.2, 0) is 14.4 Å². The molecule has 0 aromatic rings. The number of carbonyl (C=O) groups excluding carboxylic acids is 2. The van der Waals surface area contributed by atoms with E-state index >= 15 is 0 Å². The second-order valence-electron chi connectivity index (χ2n) is 4.06. The van der Waals surface area contributed by atoms with Crippen molar-refractivity contribution in [1.82, 2.24) is 10.2 Å². The number of hydrogen-bond donors (Lipinski definition) is 2. The number of carboxylic acids is 1. The van der Waals surface area contributed by atoms with E-state index in [1.54, 1.807) is 4.90 Å². The highest BCUT2D eigenvalue weighted by molar-refractivity contribution is 8.00. The van der Waals surface area contributed by atoms with Gasteiger partial charge in [0.1, 0.15) is 6.04 Å². The summed E-state index contributed by atoms with van der Waals surface area (Å²) in [7, 11) is 0. The van der Waals surface area contributed by atoms with Crippen LogP contribution >= 0.6 is 11.8 Å². The average Bonchev–Trinajstić information content (AvgIpc) is 2.34. The lowest BCUT2D eigenvalue weighted by Gasteiger charge is -2.21. The molecule has 0 fully saturated rings. The molecule has 0 saturated heterocycles. The van der Waals surface area contributed by atoms with E-state index in [9.17, 15) is 14.4 Å². The zero-order valence-corrected chi connectivity index (χ0v) is 12.0. The molecule has 0 bridgehead atoms. The molecule has 0 rings (SSSR count). The minimum absolute atomic E-state index is 0.0641. The maximum Gasteiger partial charge on any atom is 0.327 e. The van der Waals surface area contributed by atoms with Gasteiger partial charge < -0.3 is 15.3 Å². The molecule has 0 aromatic carbocycles. The zero-order valence-electron chi connectivity index (χ0n) is 11.2. The topological polar surface area (TPSA) is 86.7 Å². The molecule has 2 amide bonds. The van der Waals surface area contributed by atoms with Crippen molar-refractivity contribution in [1.29, 1.82) is 0 Å². The number of aliphatic carboxylic acids is 1. The van der Waals surface area contributed by atoms with Crippen LogP contribution in [0.4, 0.5) is 0 Å². The van der Waals surface area contributed by atoms with Gasteiger partial charge in [-0.25, -0.2) is 4.79 Å². The van der Waals surface area contributed by atoms with Crippen LogP contribution in [0.15, 0.2) is 12.2 Å². The van der Waals surface area contributed by atoms with Gasteiger partial charge in [-0.15, -0.1) is 11.8 Å². The van der Waals surface area contributed by atoms with Crippen LogP contribution in [0, 0.1) is 0 Å². The minimum Gasteiger partial charge on any atom is -0.480 e. The second-order valence-corrected chi connectivity index (χ2v) is 5.09. The fourth-order valence-corrected chi connectivity index (χ4v) is 2.28. The quantitative estimate of drug-likeness (QED) is 0.447. The Morgan fingerprint density at radius 3 is 2.58 bits per heavy atom. The van der Waals surface area contributed by atoms with Gasteiger partial charge in [0.15, 0.2) is 0 Å². The predicted octanol–water partition coefficient (Wildman–Crippen LogP) is 0.343. The highest BCUT2D eigenvalue weighted by Gasteiger charge is 2.18. The fourth-order valence-electron chi connectivity index (χ4n) is 1.33. The third-order valence-electron chi connectivity index (χ3n) is 2.27. The lowest BCUT2D eigenvalue weighted by Crippen LogP contribution is -2.39. The number of nitrogens with zero attached hydrogens (tertiary/aromatic N) is 1. The average molecular weight is 288 g/mol. The zero-order chi connectivity index (χ0) is 14.8. The molecule has 108 valence electrons. The van der Waals surface area contributed by atoms with E-state index in [-0.39, 0.29) is 17.4 Å². The summed E-state index contributed by atoms with van der Waals surface area (Å²) in [5.74, 6) is -0.831. The van der Waals surface area contributed by atoms with E-state index in [4.69, 9.17) is 5.11 Å². The molecule has 0 aromatic heterocycles. The number of likely N-dealkylation sites (N-methyl/N-ethyl adjacent to an activating group) is 1. The number of nitrogens with one attached hydrogen (secondary N) is 1. The highest BCUT2D eigenvalue weighted by Crippen LogP contribution is 2.06. The van der Waals surface area contributed by atoms with Gasteiger partial charge in [0.25, 0.3) is 0 Å². The third-order valence-corrected chi connectivity index (χ3v) is 3.29. The Bertz CT molecular complexity index is 347. The maximum absolute atomic E-state index is 11.8. The molecule has 0 heterocycles. The van der Waals surface area contributed by atoms with Crippen molar-refractivity contribution in [3.8, 4) is 0 Å². The van der Waals surface area contributed by atoms with Gasteiger partial charge in [0, 0.05) is 18.8 Å². The Hall–Kier alpha value is -1.50. The molecule has 0 aliphatic carbocycles. The van der Waals surface area contributed by atoms with Gasteiger partial charge in [-0.05, 0) is 13.8 Å². The van der Waals surface area contributed by atoms with Gasteiger partial charge in [-0.2, -0.15) is 0 Å². The molecule has 2 N–H and O–H groups in total. The van der Waals surface area contributed by atoms with Crippen molar-refractivity contribution >= 4 is 30.0 Å². The van der Waals surface area contributed by atoms with Crippen molar-refractivity contribution in [2.24, 2.45) is 0 Å². The Morgan fingerprint density at radius 1 is 1.53 bits per heavy atom. The van der Waals surface area contributed by atoms with Crippen LogP contribution in [0.2, 0.25) is 0 Å². The minimum atomic E-state index is -1.11. The van der Waals surface area contributed by atoms with Crippen LogP contribution in [0.25, 0.3) is 0 Å². The van der Waals surface area contributed by atoms with Crippen LogP contribution < -0.4 is 5.32 Å². The summed E-state index contributed by atoms with van der Waals surface area (Å²) in [6.45, 7) is 8.56. The van der Waals surface area contributed by atoms with Crippen LogP contribution in [0.1, 0.15) is 13.8 Å². The molecule has 0 saturated carbocycles. The van der Waals surface area contributed by atoms with Gasteiger partial charge in [-0.3, -0.25) is 9.59 Å². The molecule has 0 spiro atoms. The van der Waals surface area contributed by atoms with Crippen LogP contribution in [0.3, 0.4) is 0 Å². The molecular formula is C12H20N2O4S. The normalized spacial score (nSPS) is 11.5. The van der Waals surface area contributed by atoms with E-state index in [0.717, 1.165) is 5.57 Å². The van der Waals surface area contributed by atoms with E-state index in [1.165, 1.54) is 11.8 Å². The van der Waals surface area contributed by atoms with Gasteiger partial charge in [0.2, 0.25) is 12.3 Å². The van der Waals surface area contributed by atoms with Crippen LogP contribution in [0.5, 0.6) is 0 Å². The van der Waals surface area contributed by atoms with E-state index < -0.39 is 12.0 Å². The first-order chi connectivity index (χ1) is 8.92. The van der Waals surface area contributed by atoms with Crippen molar-refractivity contribution in [3.05, 3.63) is 12.2 Å². The first-order valence-electron chi connectivity index (χ1n) is 5.84. The van der Waals surface area contributed by atoms with E-state index in [1.807, 2.05) is 13.8 Å². The molecule has 0 aliphatic heterocycles. The van der Waals surface area contributed by atoms with Crippen molar-refractivity contribution in [2.45, 2.75) is 19.9 Å². The summed E-state index contributed by atoms with van der Waals surface area (Å²) < 4.78 is 0. The molecule has 0 aliphatic rings. The number of carbonyl (C=O) groups is 3. The Morgan fingerprint density at radius 2 is 2.16 bits per heavy atom. The van der Waals surface area contributed by atoms with E-state index in [2.05, 4.69) is 11.9 Å². The standard InChI is InChI=1S/C12H20N2O4S/c1-4-14(5-9(2)3)11(16)7-19-6-10(12(17)18)13-8-15/h8,10H,2,4-7H2,1,3H3,(H,13,15)(H,17,18). The monoisotopic (exact) mass is 288 g/mol. The third kappa shape index (κ3) is 7.50. The number of carboxylic acid groups (broad SMARTS) is 1.